The molecule has 0 aliphatic carbocycles. The highest BCUT2D eigenvalue weighted by Crippen LogP contribution is 2.19. The van der Waals surface area contributed by atoms with Crippen LogP contribution in [0, 0.1) is 5.92 Å². The Bertz CT molecular complexity index is 748. The topological polar surface area (TPSA) is 73.7 Å². The lowest BCUT2D eigenvalue weighted by Gasteiger charge is -2.20. The first-order chi connectivity index (χ1) is 13.1. The van der Waals surface area contributed by atoms with Gasteiger partial charge in [-0.3, -0.25) is 4.79 Å². The van der Waals surface area contributed by atoms with Crippen LogP contribution in [0.2, 0.25) is 0 Å². The highest BCUT2D eigenvalue weighted by Gasteiger charge is 2.22. The molecule has 0 fully saturated rings. The number of allylic oxidation sites excluding steroid dienone is 2. The van der Waals surface area contributed by atoms with Gasteiger partial charge < -0.3 is 15.7 Å². The number of hydrogen-bond donors (Lipinski definition) is 3. The van der Waals surface area contributed by atoms with Gasteiger partial charge in [0.25, 0.3) is 0 Å². The molecule has 0 aromatic heterocycles. The molecule has 3 N–H and O–H groups in total. The fraction of sp³-hybridized carbons (Fsp3) is 0.364. The number of rotatable bonds is 7. The molecule has 1 aromatic rings. The van der Waals surface area contributed by atoms with Crippen molar-refractivity contribution in [1.82, 2.24) is 10.6 Å². The van der Waals surface area contributed by atoms with Gasteiger partial charge in [0.15, 0.2) is 0 Å². The second-order valence-corrected chi connectivity index (χ2v) is 6.52. The fourth-order valence-electron chi connectivity index (χ4n) is 2.76. The third-order valence-corrected chi connectivity index (χ3v) is 4.66. The standard InChI is InChI=1S/C22H29N3O2/c1-4-16(3)21(24-20(5-2)18-11-13-23-14-12-18)25-22(27)19(15-26)17-9-7-6-8-10-17/h5-13,16,19,23,26H,4,14-15H2,1-3H3,(H,24,25,27)/b20-5-. The smallest absolute Gasteiger partial charge is 0.235 e. The van der Waals surface area contributed by atoms with Crippen LogP contribution in [0.15, 0.2) is 71.0 Å². The largest absolute Gasteiger partial charge is 0.395 e. The molecule has 1 aliphatic heterocycles. The van der Waals surface area contributed by atoms with E-state index in [1.165, 1.54) is 0 Å². The van der Waals surface area contributed by atoms with E-state index in [4.69, 9.17) is 4.99 Å². The van der Waals surface area contributed by atoms with Crippen molar-refractivity contribution < 1.29 is 9.90 Å². The Morgan fingerprint density at radius 3 is 2.67 bits per heavy atom. The van der Waals surface area contributed by atoms with Gasteiger partial charge in [0, 0.05) is 12.5 Å². The third-order valence-electron chi connectivity index (χ3n) is 4.66. The summed E-state index contributed by atoms with van der Waals surface area (Å²) in [5, 5.41) is 15.8. The number of hydrogen-bond acceptors (Lipinski definition) is 4. The predicted molar refractivity (Wildman–Crippen MR) is 110 cm³/mol. The molecule has 0 bridgehead atoms. The molecule has 2 unspecified atom stereocenters. The molecule has 0 radical (unpaired) electrons. The van der Waals surface area contributed by atoms with Gasteiger partial charge in [0.1, 0.15) is 5.84 Å². The van der Waals surface area contributed by atoms with E-state index in [-0.39, 0.29) is 18.4 Å². The second-order valence-electron chi connectivity index (χ2n) is 6.52. The monoisotopic (exact) mass is 367 g/mol. The number of aliphatic hydroxyl groups excluding tert-OH is 1. The molecule has 1 aliphatic rings. The zero-order valence-electron chi connectivity index (χ0n) is 16.3. The molecule has 5 heteroatoms. The van der Waals surface area contributed by atoms with Crippen molar-refractivity contribution in [2.45, 2.75) is 33.1 Å². The number of dihydropyridines is 1. The van der Waals surface area contributed by atoms with Crippen molar-refractivity contribution in [1.29, 1.82) is 0 Å². The van der Waals surface area contributed by atoms with Crippen LogP contribution < -0.4 is 10.6 Å². The van der Waals surface area contributed by atoms with Crippen molar-refractivity contribution in [3.8, 4) is 0 Å². The van der Waals surface area contributed by atoms with Crippen LogP contribution in [0.1, 0.15) is 38.7 Å². The number of aliphatic imine (C=N–C) groups is 1. The van der Waals surface area contributed by atoms with Crippen LogP contribution in [0.25, 0.3) is 0 Å². The minimum Gasteiger partial charge on any atom is -0.395 e. The Morgan fingerprint density at radius 1 is 1.37 bits per heavy atom. The number of aliphatic hydroxyl groups is 1. The maximum absolute atomic E-state index is 12.8. The molecule has 0 spiro atoms. The van der Waals surface area contributed by atoms with Gasteiger partial charge in [-0.25, -0.2) is 4.99 Å². The van der Waals surface area contributed by atoms with Gasteiger partial charge in [-0.1, -0.05) is 56.3 Å². The summed E-state index contributed by atoms with van der Waals surface area (Å²) >= 11 is 0. The molecule has 0 saturated carbocycles. The number of carbonyl (C=O) groups is 1. The zero-order chi connectivity index (χ0) is 19.6. The van der Waals surface area contributed by atoms with Gasteiger partial charge in [-0.2, -0.15) is 0 Å². The predicted octanol–water partition coefficient (Wildman–Crippen LogP) is 3.27. The lowest BCUT2D eigenvalue weighted by molar-refractivity contribution is -0.122. The van der Waals surface area contributed by atoms with Crippen LogP contribution in [0.5, 0.6) is 0 Å². The van der Waals surface area contributed by atoms with Gasteiger partial charge in [0.2, 0.25) is 5.91 Å². The molecule has 27 heavy (non-hydrogen) atoms. The van der Waals surface area contributed by atoms with E-state index in [0.29, 0.717) is 5.84 Å². The molecule has 0 saturated heterocycles. The van der Waals surface area contributed by atoms with Crippen LogP contribution >= 0.6 is 0 Å². The van der Waals surface area contributed by atoms with E-state index in [1.807, 2.05) is 62.5 Å². The Morgan fingerprint density at radius 2 is 2.11 bits per heavy atom. The van der Waals surface area contributed by atoms with Crippen molar-refractivity contribution in [2.75, 3.05) is 13.2 Å². The summed E-state index contributed by atoms with van der Waals surface area (Å²) in [5.74, 6) is -0.149. The van der Waals surface area contributed by atoms with E-state index < -0.39 is 5.92 Å². The summed E-state index contributed by atoms with van der Waals surface area (Å²) in [6, 6.07) is 9.32. The molecule has 144 valence electrons. The number of nitrogens with one attached hydrogen (secondary N) is 2. The van der Waals surface area contributed by atoms with Crippen molar-refractivity contribution in [2.24, 2.45) is 10.9 Å². The quantitative estimate of drug-likeness (QED) is 0.511. The van der Waals surface area contributed by atoms with E-state index in [2.05, 4.69) is 23.6 Å². The highest BCUT2D eigenvalue weighted by molar-refractivity contribution is 6.02. The number of benzene rings is 1. The second kappa shape index (κ2) is 10.5. The first kappa shape index (κ1) is 20.6. The molecule has 5 nitrogen and oxygen atoms in total. The molecule has 2 atom stereocenters. The normalized spacial score (nSPS) is 17.0. The average Bonchev–Trinajstić information content (AvgIpc) is 2.72. The molecule has 1 amide bonds. The molecular formula is C22H29N3O2. The number of carbonyl (C=O) groups excluding carboxylic acids is 1. The number of nitrogens with zero attached hydrogens (tertiary/aromatic N) is 1. The fourth-order valence-corrected chi connectivity index (χ4v) is 2.76. The third kappa shape index (κ3) is 5.66. The summed E-state index contributed by atoms with van der Waals surface area (Å²) in [6.45, 7) is 6.54. The van der Waals surface area contributed by atoms with Gasteiger partial charge in [-0.05, 0) is 36.8 Å². The first-order valence-corrected chi connectivity index (χ1v) is 9.42. The number of amidine groups is 1. The molecule has 1 heterocycles. The van der Waals surface area contributed by atoms with E-state index in [1.54, 1.807) is 0 Å². The van der Waals surface area contributed by atoms with Crippen molar-refractivity contribution in [3.05, 3.63) is 71.6 Å². The van der Waals surface area contributed by atoms with E-state index in [9.17, 15) is 9.90 Å². The van der Waals surface area contributed by atoms with Gasteiger partial charge in [-0.15, -0.1) is 0 Å². The van der Waals surface area contributed by atoms with Gasteiger partial charge >= 0.3 is 0 Å². The maximum Gasteiger partial charge on any atom is 0.235 e. The van der Waals surface area contributed by atoms with Crippen molar-refractivity contribution in [3.63, 3.8) is 0 Å². The summed E-state index contributed by atoms with van der Waals surface area (Å²) in [7, 11) is 0. The molecule has 2 rings (SSSR count). The minimum atomic E-state index is -0.618. The molecule has 1 aromatic carbocycles. The summed E-state index contributed by atoms with van der Waals surface area (Å²) in [5.41, 5.74) is 2.63. The average molecular weight is 367 g/mol. The summed E-state index contributed by atoms with van der Waals surface area (Å²) in [4.78, 5) is 17.6. The summed E-state index contributed by atoms with van der Waals surface area (Å²) in [6.07, 6.45) is 8.72. The summed E-state index contributed by atoms with van der Waals surface area (Å²) < 4.78 is 0. The Hall–Kier alpha value is -2.66. The lowest BCUT2D eigenvalue weighted by Crippen LogP contribution is -2.39. The SMILES string of the molecule is C/C=C(\N=C(NC(=O)C(CO)c1ccccc1)C(C)CC)C1=CCNC=C1. The zero-order valence-corrected chi connectivity index (χ0v) is 16.3. The maximum atomic E-state index is 12.8. The van der Waals surface area contributed by atoms with Crippen molar-refractivity contribution >= 4 is 11.7 Å². The molecular weight excluding hydrogens is 338 g/mol. The Balaban J connectivity index is 2.26. The Labute approximate surface area is 161 Å². The van der Waals surface area contributed by atoms with Crippen LogP contribution in [0.4, 0.5) is 0 Å². The highest BCUT2D eigenvalue weighted by atomic mass is 16.3. The van der Waals surface area contributed by atoms with Crippen LogP contribution in [-0.2, 0) is 4.79 Å². The van der Waals surface area contributed by atoms with Crippen LogP contribution in [-0.4, -0.2) is 30.0 Å². The number of amides is 1. The van der Waals surface area contributed by atoms with E-state index in [0.717, 1.165) is 29.8 Å². The first-order valence-electron chi connectivity index (χ1n) is 9.42. The Kier molecular flexibility index (Phi) is 8.01. The van der Waals surface area contributed by atoms with Gasteiger partial charge in [0.05, 0.1) is 18.2 Å². The minimum absolute atomic E-state index is 0.0883. The van der Waals surface area contributed by atoms with E-state index >= 15 is 0 Å². The lowest BCUT2D eigenvalue weighted by atomic mass is 9.98. The van der Waals surface area contributed by atoms with Crippen LogP contribution in [0.3, 0.4) is 0 Å².